The molecule has 0 saturated carbocycles. The lowest BCUT2D eigenvalue weighted by atomic mass is 10.1. The molecular weight excluding hydrogens is 152 g/mol. The van der Waals surface area contributed by atoms with Gasteiger partial charge in [-0.2, -0.15) is 0 Å². The molecule has 2 atom stereocenters. The summed E-state index contributed by atoms with van der Waals surface area (Å²) in [7, 11) is 0. The van der Waals surface area contributed by atoms with Gasteiger partial charge >= 0.3 is 0 Å². The van der Waals surface area contributed by atoms with E-state index >= 15 is 0 Å². The number of aliphatic hydroxyl groups is 1. The Labute approximate surface area is 73.7 Å². The van der Waals surface area contributed by atoms with Gasteiger partial charge < -0.3 is 10.8 Å². The number of nitrogens with zero attached hydrogens (tertiary/aromatic N) is 1. The number of nitrogens with two attached hydrogens (primary N) is 1. The van der Waals surface area contributed by atoms with Gasteiger partial charge in [0.15, 0.2) is 0 Å². The van der Waals surface area contributed by atoms with E-state index in [9.17, 15) is 5.11 Å². The van der Waals surface area contributed by atoms with E-state index in [-0.39, 0.29) is 6.04 Å². The van der Waals surface area contributed by atoms with Crippen LogP contribution >= 0.6 is 0 Å². The third kappa shape index (κ3) is 2.48. The van der Waals surface area contributed by atoms with Crippen LogP contribution in [0.5, 0.6) is 0 Å². The summed E-state index contributed by atoms with van der Waals surface area (Å²) in [4.78, 5) is 4.19. The second-order valence-corrected chi connectivity index (χ2v) is 3.46. The first-order chi connectivity index (χ1) is 5.74. The highest BCUT2D eigenvalue weighted by Crippen LogP contribution is 2.17. The molecule has 0 spiro atoms. The van der Waals surface area contributed by atoms with E-state index in [0.29, 0.717) is 5.84 Å². The van der Waals surface area contributed by atoms with Crippen LogP contribution in [-0.2, 0) is 0 Å². The van der Waals surface area contributed by atoms with E-state index in [1.807, 2.05) is 0 Å². The Morgan fingerprint density at radius 3 is 2.83 bits per heavy atom. The summed E-state index contributed by atoms with van der Waals surface area (Å²) in [6, 6.07) is 0.284. The molecule has 0 aromatic rings. The van der Waals surface area contributed by atoms with Crippen molar-refractivity contribution in [3.8, 4) is 0 Å². The molecule has 0 radical (unpaired) electrons. The molecule has 1 aliphatic rings. The molecule has 1 aliphatic heterocycles. The van der Waals surface area contributed by atoms with Crippen molar-refractivity contribution >= 4 is 5.84 Å². The number of unbranched alkanes of at least 4 members (excludes halogenated alkanes) is 2. The Balaban J connectivity index is 2.19. The quantitative estimate of drug-likeness (QED) is 0.620. The second kappa shape index (κ2) is 4.45. The van der Waals surface area contributed by atoms with Crippen LogP contribution in [0.25, 0.3) is 0 Å². The SMILES string of the molecule is CCCCC[C@H]1CC(O)C(N)=N1. The molecule has 0 saturated heterocycles. The highest BCUT2D eigenvalue weighted by molar-refractivity contribution is 5.86. The van der Waals surface area contributed by atoms with Gasteiger partial charge in [-0.25, -0.2) is 0 Å². The summed E-state index contributed by atoms with van der Waals surface area (Å²) >= 11 is 0. The highest BCUT2D eigenvalue weighted by Gasteiger charge is 2.23. The van der Waals surface area contributed by atoms with Gasteiger partial charge in [0.2, 0.25) is 0 Å². The molecule has 0 aromatic carbocycles. The van der Waals surface area contributed by atoms with Crippen LogP contribution in [0.2, 0.25) is 0 Å². The Morgan fingerprint density at radius 1 is 1.58 bits per heavy atom. The molecule has 3 nitrogen and oxygen atoms in total. The van der Waals surface area contributed by atoms with E-state index in [0.717, 1.165) is 12.8 Å². The summed E-state index contributed by atoms with van der Waals surface area (Å²) in [6.07, 6.45) is 5.01. The second-order valence-electron chi connectivity index (χ2n) is 3.46. The van der Waals surface area contributed by atoms with Crippen molar-refractivity contribution < 1.29 is 5.11 Å². The molecular formula is C9H18N2O. The molecule has 0 bridgehead atoms. The minimum absolute atomic E-state index is 0.284. The van der Waals surface area contributed by atoms with Crippen molar-refractivity contribution in [3.05, 3.63) is 0 Å². The Morgan fingerprint density at radius 2 is 2.33 bits per heavy atom. The van der Waals surface area contributed by atoms with Crippen molar-refractivity contribution in [1.82, 2.24) is 0 Å². The van der Waals surface area contributed by atoms with Crippen LogP contribution in [0.15, 0.2) is 4.99 Å². The number of aliphatic imine (C=N–C) groups is 1. The van der Waals surface area contributed by atoms with E-state index in [1.165, 1.54) is 19.3 Å². The van der Waals surface area contributed by atoms with Crippen molar-refractivity contribution in [1.29, 1.82) is 0 Å². The fraction of sp³-hybridized carbons (Fsp3) is 0.889. The summed E-state index contributed by atoms with van der Waals surface area (Å²) in [5, 5.41) is 9.27. The van der Waals surface area contributed by atoms with Gasteiger partial charge in [0.05, 0.1) is 6.04 Å². The topological polar surface area (TPSA) is 58.6 Å². The predicted octanol–water partition coefficient (Wildman–Crippen LogP) is 1.06. The van der Waals surface area contributed by atoms with E-state index in [2.05, 4.69) is 11.9 Å². The molecule has 1 unspecified atom stereocenters. The Kier molecular flexibility index (Phi) is 3.53. The first-order valence-corrected chi connectivity index (χ1v) is 4.75. The number of aliphatic hydroxyl groups excluding tert-OH is 1. The summed E-state index contributed by atoms with van der Waals surface area (Å²) in [5.41, 5.74) is 5.47. The molecule has 3 heteroatoms. The van der Waals surface area contributed by atoms with Crippen LogP contribution in [-0.4, -0.2) is 23.1 Å². The van der Waals surface area contributed by atoms with Gasteiger partial charge in [-0.1, -0.05) is 26.2 Å². The van der Waals surface area contributed by atoms with Crippen LogP contribution in [0.4, 0.5) is 0 Å². The summed E-state index contributed by atoms with van der Waals surface area (Å²) in [6.45, 7) is 2.18. The maximum Gasteiger partial charge on any atom is 0.123 e. The summed E-state index contributed by atoms with van der Waals surface area (Å²) in [5.74, 6) is 0.427. The zero-order chi connectivity index (χ0) is 8.97. The maximum absolute atomic E-state index is 9.27. The number of hydrogen-bond acceptors (Lipinski definition) is 3. The van der Waals surface area contributed by atoms with E-state index in [1.54, 1.807) is 0 Å². The van der Waals surface area contributed by atoms with E-state index in [4.69, 9.17) is 5.73 Å². The number of hydrogen-bond donors (Lipinski definition) is 2. The monoisotopic (exact) mass is 170 g/mol. The van der Waals surface area contributed by atoms with Crippen molar-refractivity contribution in [2.45, 2.75) is 51.2 Å². The summed E-state index contributed by atoms with van der Waals surface area (Å²) < 4.78 is 0. The zero-order valence-corrected chi connectivity index (χ0v) is 7.66. The fourth-order valence-electron chi connectivity index (χ4n) is 1.54. The lowest BCUT2D eigenvalue weighted by Crippen LogP contribution is -2.23. The largest absolute Gasteiger partial charge is 0.385 e. The predicted molar refractivity (Wildman–Crippen MR) is 50.2 cm³/mol. The molecule has 70 valence electrons. The highest BCUT2D eigenvalue weighted by atomic mass is 16.3. The van der Waals surface area contributed by atoms with Crippen LogP contribution in [0.1, 0.15) is 39.0 Å². The van der Waals surface area contributed by atoms with Gasteiger partial charge in [0.25, 0.3) is 0 Å². The van der Waals surface area contributed by atoms with Gasteiger partial charge in [0.1, 0.15) is 11.9 Å². The average Bonchev–Trinajstić information content (AvgIpc) is 2.32. The zero-order valence-electron chi connectivity index (χ0n) is 7.66. The van der Waals surface area contributed by atoms with E-state index < -0.39 is 6.10 Å². The molecule has 3 N–H and O–H groups in total. The molecule has 1 rings (SSSR count). The lowest BCUT2D eigenvalue weighted by molar-refractivity contribution is 0.230. The molecule has 0 amide bonds. The maximum atomic E-state index is 9.27. The number of rotatable bonds is 4. The third-order valence-corrected chi connectivity index (χ3v) is 2.31. The molecule has 1 heterocycles. The molecule has 0 aliphatic carbocycles. The molecule has 0 aromatic heterocycles. The van der Waals surface area contributed by atoms with Gasteiger partial charge in [-0.05, 0) is 6.42 Å². The fourth-order valence-corrected chi connectivity index (χ4v) is 1.54. The van der Waals surface area contributed by atoms with Crippen molar-refractivity contribution in [2.24, 2.45) is 10.7 Å². The molecule has 0 fully saturated rings. The lowest BCUT2D eigenvalue weighted by Gasteiger charge is -2.05. The van der Waals surface area contributed by atoms with Crippen LogP contribution in [0, 0.1) is 0 Å². The first kappa shape index (κ1) is 9.52. The normalized spacial score (nSPS) is 29.0. The number of amidine groups is 1. The van der Waals surface area contributed by atoms with Crippen molar-refractivity contribution in [3.63, 3.8) is 0 Å². The van der Waals surface area contributed by atoms with Crippen LogP contribution < -0.4 is 5.73 Å². The van der Waals surface area contributed by atoms with Crippen LogP contribution in [0.3, 0.4) is 0 Å². The van der Waals surface area contributed by atoms with Crippen molar-refractivity contribution in [2.75, 3.05) is 0 Å². The smallest absolute Gasteiger partial charge is 0.123 e. The Bertz CT molecular complexity index is 168. The standard InChI is InChI=1S/C9H18N2O/c1-2-3-4-5-7-6-8(12)9(10)11-7/h7-8,12H,2-6H2,1H3,(H2,10,11)/t7-,8?/m0/s1. The third-order valence-electron chi connectivity index (χ3n) is 2.31. The average molecular weight is 170 g/mol. The van der Waals surface area contributed by atoms with Gasteiger partial charge in [-0.3, -0.25) is 4.99 Å². The minimum Gasteiger partial charge on any atom is -0.385 e. The molecule has 12 heavy (non-hydrogen) atoms. The Hall–Kier alpha value is -0.570. The first-order valence-electron chi connectivity index (χ1n) is 4.75. The van der Waals surface area contributed by atoms with Gasteiger partial charge in [0, 0.05) is 6.42 Å². The minimum atomic E-state index is -0.475. The van der Waals surface area contributed by atoms with Gasteiger partial charge in [-0.15, -0.1) is 0 Å².